The number of ether oxygens (including phenoxy) is 4. The molecule has 12 nitrogen and oxygen atoms in total. The Balaban J connectivity index is 1.44. The lowest BCUT2D eigenvalue weighted by atomic mass is 9.67. The average molecular weight is 649 g/mol. The SMILES string of the molecule is CC(C)(OC(=O)C1CC(C(=O)OC(C)(C)C2CNC2)C(C(=O)OC(C)(C)C2CNC2)CC1C(=O)OC(C)(C)C1CNC1)C1CNC1. The summed E-state index contributed by atoms with van der Waals surface area (Å²) >= 11 is 0. The summed E-state index contributed by atoms with van der Waals surface area (Å²) in [7, 11) is 0. The van der Waals surface area contributed by atoms with Crippen molar-refractivity contribution in [2.75, 3.05) is 52.4 Å². The molecule has 5 rings (SSSR count). The van der Waals surface area contributed by atoms with Gasteiger partial charge < -0.3 is 40.2 Å². The molecule has 0 aromatic carbocycles. The highest BCUT2D eigenvalue weighted by atomic mass is 16.6. The van der Waals surface area contributed by atoms with Crippen LogP contribution in [0.5, 0.6) is 0 Å². The highest BCUT2D eigenvalue weighted by Gasteiger charge is 2.55. The zero-order chi connectivity index (χ0) is 33.7. The maximum atomic E-state index is 14.1. The predicted octanol–water partition coefficient (Wildman–Crippen LogP) is 1.41. The van der Waals surface area contributed by atoms with Crippen LogP contribution in [0, 0.1) is 47.3 Å². The predicted molar refractivity (Wildman–Crippen MR) is 169 cm³/mol. The first-order chi connectivity index (χ1) is 21.4. The second-order valence-corrected chi connectivity index (χ2v) is 16.4. The van der Waals surface area contributed by atoms with Gasteiger partial charge in [0, 0.05) is 76.0 Å². The van der Waals surface area contributed by atoms with E-state index in [1.807, 2.05) is 55.4 Å². The summed E-state index contributed by atoms with van der Waals surface area (Å²) in [5, 5.41) is 12.9. The molecule has 46 heavy (non-hydrogen) atoms. The van der Waals surface area contributed by atoms with E-state index in [1.54, 1.807) is 0 Å². The molecule has 4 aliphatic heterocycles. The van der Waals surface area contributed by atoms with Crippen LogP contribution in [-0.4, -0.2) is 98.6 Å². The van der Waals surface area contributed by atoms with Crippen LogP contribution in [0.15, 0.2) is 0 Å². The minimum absolute atomic E-state index is 0.0774. The van der Waals surface area contributed by atoms with Crippen LogP contribution >= 0.6 is 0 Å². The summed E-state index contributed by atoms with van der Waals surface area (Å²) in [4.78, 5) is 56.2. The Bertz CT molecular complexity index is 992. The Morgan fingerprint density at radius 3 is 0.696 bits per heavy atom. The van der Waals surface area contributed by atoms with E-state index in [9.17, 15) is 19.2 Å². The van der Waals surface area contributed by atoms with E-state index >= 15 is 0 Å². The fourth-order valence-electron chi connectivity index (χ4n) is 7.04. The van der Waals surface area contributed by atoms with Gasteiger partial charge in [-0.2, -0.15) is 0 Å². The van der Waals surface area contributed by atoms with Crippen molar-refractivity contribution in [3.63, 3.8) is 0 Å². The second kappa shape index (κ2) is 13.0. The van der Waals surface area contributed by atoms with Gasteiger partial charge in [-0.05, 0) is 68.2 Å². The smallest absolute Gasteiger partial charge is 0.310 e. The van der Waals surface area contributed by atoms with Gasteiger partial charge in [-0.1, -0.05) is 0 Å². The van der Waals surface area contributed by atoms with Crippen LogP contribution in [-0.2, 0) is 38.1 Å². The summed E-state index contributed by atoms with van der Waals surface area (Å²) in [5.74, 6) is -5.71. The molecule has 4 unspecified atom stereocenters. The average Bonchev–Trinajstić information content (AvgIpc) is 2.75. The minimum atomic E-state index is -0.992. The Hall–Kier alpha value is -2.28. The van der Waals surface area contributed by atoms with E-state index in [4.69, 9.17) is 18.9 Å². The molecule has 1 aliphatic carbocycles. The second-order valence-electron chi connectivity index (χ2n) is 16.4. The summed E-state index contributed by atoms with van der Waals surface area (Å²) in [6.45, 7) is 20.8. The topological polar surface area (TPSA) is 153 Å². The maximum absolute atomic E-state index is 14.1. The Kier molecular flexibility index (Phi) is 9.88. The van der Waals surface area contributed by atoms with Gasteiger partial charge in [0.15, 0.2) is 0 Å². The Labute approximate surface area is 273 Å². The number of rotatable bonds is 12. The van der Waals surface area contributed by atoms with Gasteiger partial charge in [-0.25, -0.2) is 0 Å². The van der Waals surface area contributed by atoms with Crippen LogP contribution < -0.4 is 21.3 Å². The number of carbonyl (C=O) groups is 4. The molecule has 4 heterocycles. The van der Waals surface area contributed by atoms with Crippen molar-refractivity contribution < 1.29 is 38.1 Å². The maximum Gasteiger partial charge on any atom is 0.310 e. The van der Waals surface area contributed by atoms with Gasteiger partial charge in [0.2, 0.25) is 0 Å². The fraction of sp³-hybridized carbons (Fsp3) is 0.882. The van der Waals surface area contributed by atoms with Gasteiger partial charge in [0.25, 0.3) is 0 Å². The third-order valence-electron chi connectivity index (χ3n) is 11.7. The molecule has 4 saturated heterocycles. The van der Waals surface area contributed by atoms with Crippen molar-refractivity contribution >= 4 is 23.9 Å². The molecule has 0 spiro atoms. The molecular formula is C34H56N4O8. The summed E-state index contributed by atoms with van der Waals surface area (Å²) in [5.41, 5.74) is -3.11. The first-order valence-electron chi connectivity index (χ1n) is 17.2. The Morgan fingerprint density at radius 2 is 0.565 bits per heavy atom. The van der Waals surface area contributed by atoms with Crippen molar-refractivity contribution in [2.24, 2.45) is 47.3 Å². The van der Waals surface area contributed by atoms with Gasteiger partial charge >= 0.3 is 23.9 Å². The van der Waals surface area contributed by atoms with Crippen molar-refractivity contribution in [3.05, 3.63) is 0 Å². The van der Waals surface area contributed by atoms with Gasteiger partial charge in [0.05, 0.1) is 23.7 Å². The molecule has 5 aliphatic rings. The number of esters is 4. The molecule has 12 heteroatoms. The van der Waals surface area contributed by atoms with Crippen molar-refractivity contribution in [1.82, 2.24) is 21.3 Å². The molecule has 4 atom stereocenters. The standard InChI is InChI=1S/C34H56N4O8/c1-31(2,19-11-35-12-19)43-27(39)23-9-25(29(41)45-33(5,6)21-15-37-16-21)26(30(42)46-34(7,8)22-17-38-18-22)10-24(23)28(40)44-32(3,4)20-13-36-14-20/h19-26,35-38H,9-18H2,1-8H3. The number of carbonyl (C=O) groups excluding carboxylic acids is 4. The molecule has 260 valence electrons. The van der Waals surface area contributed by atoms with Crippen LogP contribution in [0.3, 0.4) is 0 Å². The first kappa shape index (κ1) is 35.0. The monoisotopic (exact) mass is 648 g/mol. The molecule has 1 saturated carbocycles. The van der Waals surface area contributed by atoms with Gasteiger partial charge in [-0.3, -0.25) is 19.2 Å². The first-order valence-corrected chi connectivity index (χ1v) is 17.2. The lowest BCUT2D eigenvalue weighted by Gasteiger charge is -2.46. The van der Waals surface area contributed by atoms with E-state index in [0.29, 0.717) is 0 Å². The van der Waals surface area contributed by atoms with Crippen LogP contribution in [0.25, 0.3) is 0 Å². The minimum Gasteiger partial charge on any atom is -0.459 e. The van der Waals surface area contributed by atoms with E-state index in [-0.39, 0.29) is 36.5 Å². The van der Waals surface area contributed by atoms with Crippen molar-refractivity contribution in [3.8, 4) is 0 Å². The van der Waals surface area contributed by atoms with Gasteiger partial charge in [0.1, 0.15) is 22.4 Å². The highest BCUT2D eigenvalue weighted by molar-refractivity contribution is 5.88. The highest BCUT2D eigenvalue weighted by Crippen LogP contribution is 2.44. The fourth-order valence-corrected chi connectivity index (χ4v) is 7.04. The van der Waals surface area contributed by atoms with E-state index in [2.05, 4.69) is 21.3 Å². The van der Waals surface area contributed by atoms with E-state index < -0.39 is 70.0 Å². The molecule has 0 radical (unpaired) electrons. The normalized spacial score (nSPS) is 28.5. The molecule has 0 aromatic heterocycles. The molecule has 0 bridgehead atoms. The largest absolute Gasteiger partial charge is 0.459 e. The van der Waals surface area contributed by atoms with Gasteiger partial charge in [-0.15, -0.1) is 0 Å². The van der Waals surface area contributed by atoms with Crippen LogP contribution in [0.1, 0.15) is 68.2 Å². The lowest BCUT2D eigenvalue weighted by molar-refractivity contribution is -0.196. The number of hydrogen-bond acceptors (Lipinski definition) is 12. The summed E-state index contributed by atoms with van der Waals surface area (Å²) in [6.07, 6.45) is -0.155. The zero-order valence-electron chi connectivity index (χ0n) is 29.0. The van der Waals surface area contributed by atoms with E-state index in [0.717, 1.165) is 52.4 Å². The van der Waals surface area contributed by atoms with E-state index in [1.165, 1.54) is 0 Å². The quantitative estimate of drug-likeness (QED) is 0.179. The lowest BCUT2D eigenvalue weighted by Crippen LogP contribution is -2.58. The van der Waals surface area contributed by atoms with Crippen LogP contribution in [0.2, 0.25) is 0 Å². The summed E-state index contributed by atoms with van der Waals surface area (Å²) in [6, 6.07) is 0. The molecule has 0 aromatic rings. The zero-order valence-corrected chi connectivity index (χ0v) is 29.0. The Morgan fingerprint density at radius 1 is 0.391 bits per heavy atom. The van der Waals surface area contributed by atoms with Crippen molar-refractivity contribution in [1.29, 1.82) is 0 Å². The number of hydrogen-bond donors (Lipinski definition) is 4. The van der Waals surface area contributed by atoms with Crippen LogP contribution in [0.4, 0.5) is 0 Å². The summed E-state index contributed by atoms with van der Waals surface area (Å²) < 4.78 is 24.5. The molecule has 5 fully saturated rings. The number of nitrogens with one attached hydrogen (secondary N) is 4. The van der Waals surface area contributed by atoms with Crippen molar-refractivity contribution in [2.45, 2.75) is 90.6 Å². The molecule has 0 amide bonds. The molecule has 4 N–H and O–H groups in total. The third-order valence-corrected chi connectivity index (χ3v) is 11.7. The third kappa shape index (κ3) is 7.24. The molecular weight excluding hydrogens is 592 g/mol.